The Morgan fingerprint density at radius 2 is 2.00 bits per heavy atom. The van der Waals surface area contributed by atoms with Gasteiger partial charge in [-0.2, -0.15) is 0 Å². The van der Waals surface area contributed by atoms with Crippen molar-refractivity contribution < 1.29 is 5.11 Å². The molecule has 0 aliphatic carbocycles. The van der Waals surface area contributed by atoms with Gasteiger partial charge in [0.25, 0.3) is 0 Å². The molecule has 0 aromatic heterocycles. The van der Waals surface area contributed by atoms with Crippen LogP contribution >= 0.6 is 0 Å². The third kappa shape index (κ3) is 7.17. The van der Waals surface area contributed by atoms with E-state index < -0.39 is 5.60 Å². The fourth-order valence-electron chi connectivity index (χ4n) is 1.30. The van der Waals surface area contributed by atoms with Crippen LogP contribution < -0.4 is 5.84 Å². The third-order valence-electron chi connectivity index (χ3n) is 2.03. The molecule has 0 radical (unpaired) electrons. The van der Waals surface area contributed by atoms with Gasteiger partial charge in [0.1, 0.15) is 0 Å². The van der Waals surface area contributed by atoms with Crippen LogP contribution in [0.5, 0.6) is 0 Å². The second-order valence-corrected chi connectivity index (χ2v) is 4.74. The second-order valence-electron chi connectivity index (χ2n) is 4.74. The maximum Gasteiger partial charge on any atom is 0.0781 e. The van der Waals surface area contributed by atoms with E-state index in [0.29, 0.717) is 12.5 Å². The smallest absolute Gasteiger partial charge is 0.0781 e. The molecule has 0 unspecified atom stereocenters. The van der Waals surface area contributed by atoms with E-state index in [0.717, 1.165) is 0 Å². The average molecular weight is 212 g/mol. The minimum atomic E-state index is -0.771. The Labute approximate surface area is 93.2 Å². The Balaban J connectivity index is 4.28. The molecule has 0 aliphatic rings. The lowest BCUT2D eigenvalue weighted by atomic mass is 10.0. The molecular formula is C12H24N2O. The van der Waals surface area contributed by atoms with E-state index >= 15 is 0 Å². The summed E-state index contributed by atoms with van der Waals surface area (Å²) < 4.78 is 0. The fraction of sp³-hybridized carbons (Fsp3) is 0.667. The Morgan fingerprint density at radius 1 is 1.47 bits per heavy atom. The summed E-state index contributed by atoms with van der Waals surface area (Å²) in [5, 5.41) is 11.1. The molecule has 88 valence electrons. The van der Waals surface area contributed by atoms with Crippen molar-refractivity contribution in [3.63, 3.8) is 0 Å². The van der Waals surface area contributed by atoms with Gasteiger partial charge in [-0.25, -0.2) is 5.84 Å². The van der Waals surface area contributed by atoms with Crippen molar-refractivity contribution in [2.45, 2.75) is 40.2 Å². The molecule has 0 saturated carbocycles. The van der Waals surface area contributed by atoms with E-state index in [9.17, 15) is 5.11 Å². The van der Waals surface area contributed by atoms with Crippen LogP contribution in [0.1, 0.15) is 34.6 Å². The molecule has 0 rings (SSSR count). The highest BCUT2D eigenvalue weighted by Crippen LogP contribution is 2.11. The van der Waals surface area contributed by atoms with Crippen molar-refractivity contribution >= 4 is 0 Å². The fourth-order valence-corrected chi connectivity index (χ4v) is 1.30. The summed E-state index contributed by atoms with van der Waals surface area (Å²) in [6.07, 6.45) is 5.85. The first-order valence-electron chi connectivity index (χ1n) is 5.34. The zero-order valence-electron chi connectivity index (χ0n) is 10.5. The van der Waals surface area contributed by atoms with Gasteiger partial charge in [-0.3, -0.25) is 0 Å². The van der Waals surface area contributed by atoms with Gasteiger partial charge in [-0.15, -0.1) is 0 Å². The highest BCUT2D eigenvalue weighted by Gasteiger charge is 2.13. The largest absolute Gasteiger partial charge is 0.389 e. The minimum absolute atomic E-state index is 0.415. The van der Waals surface area contributed by atoms with Crippen LogP contribution in [-0.4, -0.2) is 22.3 Å². The predicted octanol–water partition coefficient (Wildman–Crippen LogP) is 2.05. The maximum atomic E-state index is 9.55. The lowest BCUT2D eigenvalue weighted by molar-refractivity contribution is 0.0506. The molecule has 3 N–H and O–H groups in total. The molecule has 0 spiro atoms. The predicted molar refractivity (Wildman–Crippen MR) is 64.9 cm³/mol. The number of nitrogens with two attached hydrogens (primary N) is 1. The Bertz CT molecular complexity index is 236. The standard InChI is InChI=1S/C12H24N2O/c1-6-11(10(2)3)7-8-14(13)9-12(4,5)15/h6-8,10,15H,9,13H2,1-5H3/b8-7-,11-6+. The van der Waals surface area contributed by atoms with Crippen LogP contribution in [0.3, 0.4) is 0 Å². The van der Waals surface area contributed by atoms with Gasteiger partial charge in [0.15, 0.2) is 0 Å². The Kier molecular flexibility index (Phi) is 5.61. The zero-order chi connectivity index (χ0) is 12.1. The van der Waals surface area contributed by atoms with Gasteiger partial charge in [0.05, 0.1) is 12.1 Å². The summed E-state index contributed by atoms with van der Waals surface area (Å²) in [6.45, 7) is 10.2. The van der Waals surface area contributed by atoms with E-state index in [1.54, 1.807) is 20.0 Å². The normalized spacial score (nSPS) is 14.0. The van der Waals surface area contributed by atoms with E-state index in [4.69, 9.17) is 5.84 Å². The SMILES string of the molecule is C/C=C(\C=C/N(N)CC(C)(C)O)C(C)C. The first kappa shape index (κ1) is 14.2. The summed E-state index contributed by atoms with van der Waals surface area (Å²) >= 11 is 0. The molecule has 0 atom stereocenters. The van der Waals surface area contributed by atoms with E-state index in [2.05, 4.69) is 19.9 Å². The molecular weight excluding hydrogens is 188 g/mol. The van der Waals surface area contributed by atoms with Gasteiger partial charge in [-0.05, 0) is 38.3 Å². The number of allylic oxidation sites excluding steroid dienone is 3. The lowest BCUT2D eigenvalue weighted by Gasteiger charge is -2.23. The van der Waals surface area contributed by atoms with Crippen LogP contribution in [-0.2, 0) is 0 Å². The maximum absolute atomic E-state index is 9.55. The first-order chi connectivity index (χ1) is 6.76. The molecule has 0 aliphatic heterocycles. The molecule has 0 aromatic rings. The van der Waals surface area contributed by atoms with Crippen molar-refractivity contribution in [2.24, 2.45) is 11.8 Å². The monoisotopic (exact) mass is 212 g/mol. The van der Waals surface area contributed by atoms with E-state index in [1.165, 1.54) is 10.6 Å². The number of aliphatic hydroxyl groups is 1. The summed E-state index contributed by atoms with van der Waals surface area (Å²) in [5.41, 5.74) is 0.466. The van der Waals surface area contributed by atoms with E-state index in [1.807, 2.05) is 13.0 Å². The Morgan fingerprint density at radius 3 is 2.33 bits per heavy atom. The molecule has 3 heteroatoms. The highest BCUT2D eigenvalue weighted by molar-refractivity contribution is 5.19. The molecule has 3 nitrogen and oxygen atoms in total. The molecule has 0 amide bonds. The van der Waals surface area contributed by atoms with Crippen molar-refractivity contribution in [3.8, 4) is 0 Å². The van der Waals surface area contributed by atoms with Gasteiger partial charge in [0.2, 0.25) is 0 Å². The van der Waals surface area contributed by atoms with Crippen molar-refractivity contribution in [1.29, 1.82) is 0 Å². The van der Waals surface area contributed by atoms with Crippen LogP contribution in [0.4, 0.5) is 0 Å². The van der Waals surface area contributed by atoms with Crippen LogP contribution in [0.15, 0.2) is 23.9 Å². The number of hydrogen-bond donors (Lipinski definition) is 2. The van der Waals surface area contributed by atoms with Crippen LogP contribution in [0.2, 0.25) is 0 Å². The van der Waals surface area contributed by atoms with Crippen molar-refractivity contribution in [3.05, 3.63) is 23.9 Å². The molecule has 0 aromatic carbocycles. The lowest BCUT2D eigenvalue weighted by Crippen LogP contribution is -2.39. The number of hydrazine groups is 1. The summed E-state index contributed by atoms with van der Waals surface area (Å²) in [6, 6.07) is 0. The first-order valence-corrected chi connectivity index (χ1v) is 5.34. The van der Waals surface area contributed by atoms with Gasteiger partial charge < -0.3 is 10.1 Å². The minimum Gasteiger partial charge on any atom is -0.389 e. The van der Waals surface area contributed by atoms with Crippen molar-refractivity contribution in [2.75, 3.05) is 6.54 Å². The van der Waals surface area contributed by atoms with Gasteiger partial charge >= 0.3 is 0 Å². The molecule has 0 heterocycles. The second kappa shape index (κ2) is 5.93. The molecule has 15 heavy (non-hydrogen) atoms. The highest BCUT2D eigenvalue weighted by atomic mass is 16.3. The van der Waals surface area contributed by atoms with Crippen LogP contribution in [0.25, 0.3) is 0 Å². The summed E-state index contributed by atoms with van der Waals surface area (Å²) in [5.74, 6) is 6.21. The molecule has 0 bridgehead atoms. The Hall–Kier alpha value is -0.800. The average Bonchev–Trinajstić information content (AvgIpc) is 2.01. The number of hydrogen-bond acceptors (Lipinski definition) is 3. The van der Waals surface area contributed by atoms with Gasteiger partial charge in [0, 0.05) is 6.20 Å². The molecule has 0 saturated heterocycles. The summed E-state index contributed by atoms with van der Waals surface area (Å²) in [7, 11) is 0. The summed E-state index contributed by atoms with van der Waals surface area (Å²) in [4.78, 5) is 0. The zero-order valence-corrected chi connectivity index (χ0v) is 10.5. The van der Waals surface area contributed by atoms with E-state index in [-0.39, 0.29) is 0 Å². The number of nitrogens with zero attached hydrogens (tertiary/aromatic N) is 1. The quantitative estimate of drug-likeness (QED) is 0.416. The molecule has 0 fully saturated rings. The van der Waals surface area contributed by atoms with Crippen molar-refractivity contribution in [1.82, 2.24) is 5.01 Å². The van der Waals surface area contributed by atoms with Gasteiger partial charge in [-0.1, -0.05) is 19.9 Å². The van der Waals surface area contributed by atoms with Crippen LogP contribution in [0, 0.1) is 5.92 Å². The third-order valence-corrected chi connectivity index (χ3v) is 2.03. The topological polar surface area (TPSA) is 49.5 Å². The number of rotatable bonds is 5.